The van der Waals surface area contributed by atoms with Crippen LogP contribution in [0, 0.1) is 13.8 Å². The van der Waals surface area contributed by atoms with Gasteiger partial charge in [0.15, 0.2) is 11.3 Å². The number of rotatable bonds is 4. The van der Waals surface area contributed by atoms with Crippen molar-refractivity contribution < 1.29 is 13.6 Å². The molecule has 130 valence electrons. The van der Waals surface area contributed by atoms with Gasteiger partial charge in [-0.15, -0.1) is 0 Å². The Bertz CT molecular complexity index is 1020. The van der Waals surface area contributed by atoms with Crippen LogP contribution >= 0.6 is 0 Å². The highest BCUT2D eigenvalue weighted by Crippen LogP contribution is 2.26. The molecule has 0 fully saturated rings. The van der Waals surface area contributed by atoms with Crippen LogP contribution in [0.5, 0.6) is 0 Å². The van der Waals surface area contributed by atoms with E-state index in [1.165, 1.54) is 17.4 Å². The van der Waals surface area contributed by atoms with Gasteiger partial charge in [-0.05, 0) is 66.9 Å². The van der Waals surface area contributed by atoms with Gasteiger partial charge in [0.2, 0.25) is 5.89 Å². The van der Waals surface area contributed by atoms with Gasteiger partial charge in [-0.25, -0.2) is 4.98 Å². The molecule has 0 spiro atoms. The summed E-state index contributed by atoms with van der Waals surface area (Å²) in [5.41, 5.74) is 5.91. The Morgan fingerprint density at radius 1 is 1.08 bits per heavy atom. The monoisotopic (exact) mass is 346 g/mol. The lowest BCUT2D eigenvalue weighted by atomic mass is 10.1. The number of fused-ring (bicyclic) bond motifs is 1. The molecule has 2 heterocycles. The molecule has 1 N–H and O–H groups in total. The van der Waals surface area contributed by atoms with E-state index in [0.29, 0.717) is 18.2 Å². The molecular formula is C21H18N2O3. The lowest BCUT2D eigenvalue weighted by molar-refractivity contribution is 0.0923. The molecule has 0 bridgehead atoms. The highest BCUT2D eigenvalue weighted by molar-refractivity contribution is 5.91. The number of benzene rings is 2. The average Bonchev–Trinajstić information content (AvgIpc) is 3.30. The van der Waals surface area contributed by atoms with Crippen molar-refractivity contribution in [3.63, 3.8) is 0 Å². The van der Waals surface area contributed by atoms with Crippen molar-refractivity contribution in [2.24, 2.45) is 0 Å². The average molecular weight is 346 g/mol. The van der Waals surface area contributed by atoms with Crippen LogP contribution in [0.1, 0.15) is 27.2 Å². The van der Waals surface area contributed by atoms with Gasteiger partial charge in [0.25, 0.3) is 5.91 Å². The second kappa shape index (κ2) is 6.52. The summed E-state index contributed by atoms with van der Waals surface area (Å²) < 4.78 is 11.0. The van der Waals surface area contributed by atoms with Crippen LogP contribution in [0.4, 0.5) is 0 Å². The zero-order valence-corrected chi connectivity index (χ0v) is 14.6. The fourth-order valence-electron chi connectivity index (χ4n) is 2.75. The molecule has 2 aromatic heterocycles. The Hall–Kier alpha value is -3.34. The zero-order chi connectivity index (χ0) is 18.1. The maximum atomic E-state index is 11.9. The van der Waals surface area contributed by atoms with Crippen LogP contribution in [0.2, 0.25) is 0 Å². The number of amides is 1. The summed E-state index contributed by atoms with van der Waals surface area (Å²) >= 11 is 0. The molecule has 26 heavy (non-hydrogen) atoms. The van der Waals surface area contributed by atoms with E-state index in [1.54, 1.807) is 12.1 Å². The maximum absolute atomic E-state index is 11.9. The molecule has 0 unspecified atom stereocenters. The molecule has 0 aliphatic carbocycles. The number of hydrogen-bond donors (Lipinski definition) is 1. The van der Waals surface area contributed by atoms with Crippen molar-refractivity contribution in [3.05, 3.63) is 77.2 Å². The topological polar surface area (TPSA) is 68.3 Å². The van der Waals surface area contributed by atoms with Crippen LogP contribution in [0.3, 0.4) is 0 Å². The smallest absolute Gasteiger partial charge is 0.287 e. The maximum Gasteiger partial charge on any atom is 0.287 e. The first kappa shape index (κ1) is 16.1. The van der Waals surface area contributed by atoms with Gasteiger partial charge in [-0.1, -0.05) is 12.1 Å². The van der Waals surface area contributed by atoms with Gasteiger partial charge < -0.3 is 14.2 Å². The van der Waals surface area contributed by atoms with E-state index in [2.05, 4.69) is 24.1 Å². The minimum Gasteiger partial charge on any atom is -0.459 e. The highest BCUT2D eigenvalue weighted by atomic mass is 16.3. The third-order valence-corrected chi connectivity index (χ3v) is 4.40. The lowest BCUT2D eigenvalue weighted by Crippen LogP contribution is -2.22. The molecule has 1 amide bonds. The third-order valence-electron chi connectivity index (χ3n) is 4.40. The summed E-state index contributed by atoms with van der Waals surface area (Å²) in [6.07, 6.45) is 1.48. The molecule has 4 rings (SSSR count). The Morgan fingerprint density at radius 3 is 2.58 bits per heavy atom. The van der Waals surface area contributed by atoms with E-state index in [-0.39, 0.29) is 5.91 Å². The van der Waals surface area contributed by atoms with Gasteiger partial charge in [0, 0.05) is 12.1 Å². The summed E-state index contributed by atoms with van der Waals surface area (Å²) in [5.74, 6) is 0.665. The number of oxazole rings is 1. The van der Waals surface area contributed by atoms with Crippen molar-refractivity contribution in [2.45, 2.75) is 20.4 Å². The Balaban J connectivity index is 1.50. The molecular weight excluding hydrogens is 328 g/mol. The summed E-state index contributed by atoms with van der Waals surface area (Å²) in [7, 11) is 0. The van der Waals surface area contributed by atoms with Crippen LogP contribution in [0.25, 0.3) is 22.6 Å². The normalized spacial score (nSPS) is 11.0. The predicted molar refractivity (Wildman–Crippen MR) is 98.8 cm³/mol. The van der Waals surface area contributed by atoms with E-state index in [1.807, 2.05) is 36.4 Å². The Kier molecular flexibility index (Phi) is 4.05. The molecule has 0 aliphatic rings. The molecule has 0 radical (unpaired) electrons. The first-order valence-electron chi connectivity index (χ1n) is 8.39. The van der Waals surface area contributed by atoms with Crippen molar-refractivity contribution in [2.75, 3.05) is 0 Å². The minimum absolute atomic E-state index is 0.233. The Labute approximate surface area is 150 Å². The van der Waals surface area contributed by atoms with Gasteiger partial charge in [-0.2, -0.15) is 0 Å². The molecule has 0 saturated carbocycles. The highest BCUT2D eigenvalue weighted by Gasteiger charge is 2.11. The number of furan rings is 1. The summed E-state index contributed by atoms with van der Waals surface area (Å²) in [6, 6.07) is 15.2. The zero-order valence-electron chi connectivity index (χ0n) is 14.6. The lowest BCUT2D eigenvalue weighted by Gasteiger charge is -2.04. The quantitative estimate of drug-likeness (QED) is 0.585. The largest absolute Gasteiger partial charge is 0.459 e. The van der Waals surface area contributed by atoms with Crippen molar-refractivity contribution in [1.82, 2.24) is 10.3 Å². The number of aryl methyl sites for hydroxylation is 2. The number of nitrogens with one attached hydrogen (secondary N) is 1. The molecule has 5 nitrogen and oxygen atoms in total. The van der Waals surface area contributed by atoms with E-state index in [9.17, 15) is 4.79 Å². The van der Waals surface area contributed by atoms with Gasteiger partial charge in [0.05, 0.1) is 6.26 Å². The van der Waals surface area contributed by atoms with E-state index < -0.39 is 0 Å². The van der Waals surface area contributed by atoms with E-state index in [4.69, 9.17) is 8.83 Å². The Morgan fingerprint density at radius 2 is 1.85 bits per heavy atom. The first-order valence-corrected chi connectivity index (χ1v) is 8.39. The van der Waals surface area contributed by atoms with Crippen molar-refractivity contribution in [1.29, 1.82) is 0 Å². The number of nitrogens with zero attached hydrogens (tertiary/aromatic N) is 1. The van der Waals surface area contributed by atoms with Gasteiger partial charge in [0.1, 0.15) is 5.52 Å². The second-order valence-corrected chi connectivity index (χ2v) is 6.28. The van der Waals surface area contributed by atoms with Crippen molar-refractivity contribution in [3.8, 4) is 11.5 Å². The standard InChI is InChI=1S/C21H18N2O3/c1-13-10-17-19(11-14(13)2)26-21(23-17)16-7-5-15(6-8-16)12-22-20(24)18-4-3-9-25-18/h3-11H,12H2,1-2H3,(H,22,24). The fourth-order valence-corrected chi connectivity index (χ4v) is 2.75. The number of carbonyl (C=O) groups is 1. The van der Waals surface area contributed by atoms with E-state index >= 15 is 0 Å². The predicted octanol–water partition coefficient (Wildman–Crippen LogP) is 4.63. The SMILES string of the molecule is Cc1cc2nc(-c3ccc(CNC(=O)c4ccco4)cc3)oc2cc1C. The summed E-state index contributed by atoms with van der Waals surface area (Å²) in [6.45, 7) is 4.55. The third kappa shape index (κ3) is 3.11. The van der Waals surface area contributed by atoms with Crippen LogP contribution in [-0.4, -0.2) is 10.9 Å². The number of aromatic nitrogens is 1. The molecule has 0 atom stereocenters. The molecule has 0 aliphatic heterocycles. The molecule has 4 aromatic rings. The van der Waals surface area contributed by atoms with Crippen molar-refractivity contribution >= 4 is 17.0 Å². The minimum atomic E-state index is -0.233. The fraction of sp³-hybridized carbons (Fsp3) is 0.143. The van der Waals surface area contributed by atoms with Gasteiger partial charge in [-0.3, -0.25) is 4.79 Å². The number of hydrogen-bond acceptors (Lipinski definition) is 4. The second-order valence-electron chi connectivity index (χ2n) is 6.28. The number of carbonyl (C=O) groups excluding carboxylic acids is 1. The molecule has 0 saturated heterocycles. The van der Waals surface area contributed by atoms with Crippen LogP contribution < -0.4 is 5.32 Å². The van der Waals surface area contributed by atoms with Crippen LogP contribution in [0.15, 0.2) is 63.6 Å². The van der Waals surface area contributed by atoms with Crippen LogP contribution in [-0.2, 0) is 6.54 Å². The summed E-state index contributed by atoms with van der Waals surface area (Å²) in [4.78, 5) is 16.5. The van der Waals surface area contributed by atoms with E-state index in [0.717, 1.165) is 22.2 Å². The first-order chi connectivity index (χ1) is 12.6. The summed E-state index contributed by atoms with van der Waals surface area (Å²) in [5, 5.41) is 2.82. The van der Waals surface area contributed by atoms with Gasteiger partial charge >= 0.3 is 0 Å². The molecule has 5 heteroatoms. The molecule has 2 aromatic carbocycles.